The number of halogens is 2. The largest absolute Gasteiger partial charge is 0.329 e. The zero-order valence-corrected chi connectivity index (χ0v) is 10.4. The van der Waals surface area contributed by atoms with E-state index in [0.29, 0.717) is 17.4 Å². The lowest BCUT2D eigenvalue weighted by molar-refractivity contribution is -0.123. The SMILES string of the molecule is NCC1(C(=O)Cc2ccc(F)cc2Br)CC1. The molecule has 2 N–H and O–H groups in total. The summed E-state index contributed by atoms with van der Waals surface area (Å²) in [7, 11) is 0. The van der Waals surface area contributed by atoms with Crippen LogP contribution >= 0.6 is 15.9 Å². The van der Waals surface area contributed by atoms with Crippen LogP contribution in [0.5, 0.6) is 0 Å². The molecule has 0 unspecified atom stereocenters. The van der Waals surface area contributed by atoms with Crippen LogP contribution in [0.1, 0.15) is 18.4 Å². The first-order chi connectivity index (χ1) is 7.57. The van der Waals surface area contributed by atoms with Gasteiger partial charge in [-0.15, -0.1) is 0 Å². The number of hydrogen-bond donors (Lipinski definition) is 1. The molecule has 0 amide bonds. The number of Topliss-reactive ketones (excluding diaryl/α,β-unsaturated/α-hetero) is 1. The molecular weight excluding hydrogens is 273 g/mol. The van der Waals surface area contributed by atoms with Crippen molar-refractivity contribution in [3.8, 4) is 0 Å². The van der Waals surface area contributed by atoms with Crippen LogP contribution in [0.15, 0.2) is 22.7 Å². The second-order valence-electron chi connectivity index (χ2n) is 4.32. The number of benzene rings is 1. The molecule has 1 aliphatic rings. The van der Waals surface area contributed by atoms with Crippen molar-refractivity contribution in [1.29, 1.82) is 0 Å². The minimum Gasteiger partial charge on any atom is -0.329 e. The van der Waals surface area contributed by atoms with E-state index in [1.54, 1.807) is 6.07 Å². The third-order valence-electron chi connectivity index (χ3n) is 3.20. The van der Waals surface area contributed by atoms with Gasteiger partial charge in [0.2, 0.25) is 0 Å². The summed E-state index contributed by atoms with van der Waals surface area (Å²) in [6, 6.07) is 4.39. The Morgan fingerprint density at radius 1 is 1.50 bits per heavy atom. The summed E-state index contributed by atoms with van der Waals surface area (Å²) in [4.78, 5) is 12.0. The highest BCUT2D eigenvalue weighted by Crippen LogP contribution is 2.46. The van der Waals surface area contributed by atoms with Crippen LogP contribution in [-0.2, 0) is 11.2 Å². The Labute approximate surface area is 102 Å². The molecule has 86 valence electrons. The van der Waals surface area contributed by atoms with Crippen molar-refractivity contribution in [2.45, 2.75) is 19.3 Å². The molecule has 0 heterocycles. The van der Waals surface area contributed by atoms with Crippen LogP contribution in [0.25, 0.3) is 0 Å². The predicted octanol–water partition coefficient (Wildman–Crippen LogP) is 2.44. The average molecular weight is 286 g/mol. The van der Waals surface area contributed by atoms with Gasteiger partial charge in [-0.05, 0) is 30.5 Å². The molecule has 0 aliphatic heterocycles. The Morgan fingerprint density at radius 2 is 2.19 bits per heavy atom. The van der Waals surface area contributed by atoms with Gasteiger partial charge in [0, 0.05) is 22.9 Å². The molecule has 0 atom stereocenters. The van der Waals surface area contributed by atoms with Gasteiger partial charge in [-0.1, -0.05) is 22.0 Å². The van der Waals surface area contributed by atoms with Gasteiger partial charge in [-0.2, -0.15) is 0 Å². The number of carbonyl (C=O) groups is 1. The van der Waals surface area contributed by atoms with Crippen LogP contribution in [0.2, 0.25) is 0 Å². The van der Waals surface area contributed by atoms with E-state index in [2.05, 4.69) is 15.9 Å². The lowest BCUT2D eigenvalue weighted by Crippen LogP contribution is -2.26. The first kappa shape index (κ1) is 11.7. The highest BCUT2D eigenvalue weighted by Gasteiger charge is 2.47. The minimum absolute atomic E-state index is 0.169. The molecule has 1 fully saturated rings. The summed E-state index contributed by atoms with van der Waals surface area (Å²) < 4.78 is 13.5. The number of rotatable bonds is 4. The molecule has 0 radical (unpaired) electrons. The third-order valence-corrected chi connectivity index (χ3v) is 3.94. The third kappa shape index (κ3) is 2.18. The van der Waals surface area contributed by atoms with E-state index in [-0.39, 0.29) is 17.0 Å². The maximum absolute atomic E-state index is 12.9. The fourth-order valence-electron chi connectivity index (χ4n) is 1.77. The Bertz CT molecular complexity index is 429. The highest BCUT2D eigenvalue weighted by molar-refractivity contribution is 9.10. The molecule has 4 heteroatoms. The molecule has 0 bridgehead atoms. The lowest BCUT2D eigenvalue weighted by Gasteiger charge is -2.11. The summed E-state index contributed by atoms with van der Waals surface area (Å²) in [6.07, 6.45) is 2.11. The monoisotopic (exact) mass is 285 g/mol. The Hall–Kier alpha value is -0.740. The molecule has 1 aromatic rings. The highest BCUT2D eigenvalue weighted by atomic mass is 79.9. The van der Waals surface area contributed by atoms with E-state index in [9.17, 15) is 9.18 Å². The molecular formula is C12H13BrFNO. The summed E-state index contributed by atoms with van der Waals surface area (Å²) in [5, 5.41) is 0. The average Bonchev–Trinajstić information content (AvgIpc) is 3.03. The summed E-state index contributed by atoms with van der Waals surface area (Å²) in [5.41, 5.74) is 6.13. The van der Waals surface area contributed by atoms with Gasteiger partial charge < -0.3 is 5.73 Å². The van der Waals surface area contributed by atoms with Crippen molar-refractivity contribution in [2.24, 2.45) is 11.1 Å². The molecule has 1 aromatic carbocycles. The van der Waals surface area contributed by atoms with Crippen molar-refractivity contribution >= 4 is 21.7 Å². The van der Waals surface area contributed by atoms with E-state index >= 15 is 0 Å². The van der Waals surface area contributed by atoms with Crippen LogP contribution in [0.3, 0.4) is 0 Å². The number of carbonyl (C=O) groups excluding carboxylic acids is 1. The maximum atomic E-state index is 12.9. The molecule has 1 saturated carbocycles. The first-order valence-electron chi connectivity index (χ1n) is 5.25. The number of ketones is 1. The van der Waals surface area contributed by atoms with Crippen LogP contribution < -0.4 is 5.73 Å². The predicted molar refractivity (Wildman–Crippen MR) is 63.5 cm³/mol. The van der Waals surface area contributed by atoms with E-state index < -0.39 is 0 Å². The summed E-state index contributed by atoms with van der Waals surface area (Å²) >= 11 is 3.26. The fraction of sp³-hybridized carbons (Fsp3) is 0.417. The summed E-state index contributed by atoms with van der Waals surface area (Å²) in [5.74, 6) is -0.134. The van der Waals surface area contributed by atoms with Crippen molar-refractivity contribution < 1.29 is 9.18 Å². The second kappa shape index (κ2) is 4.26. The first-order valence-corrected chi connectivity index (χ1v) is 6.04. The van der Waals surface area contributed by atoms with E-state index in [4.69, 9.17) is 5.73 Å². The molecule has 1 aliphatic carbocycles. The zero-order chi connectivity index (χ0) is 11.8. The van der Waals surface area contributed by atoms with Gasteiger partial charge in [0.15, 0.2) is 0 Å². The van der Waals surface area contributed by atoms with E-state index in [0.717, 1.165) is 18.4 Å². The van der Waals surface area contributed by atoms with Crippen molar-refractivity contribution in [3.63, 3.8) is 0 Å². The molecule has 2 nitrogen and oxygen atoms in total. The van der Waals surface area contributed by atoms with Crippen molar-refractivity contribution in [1.82, 2.24) is 0 Å². The van der Waals surface area contributed by atoms with Gasteiger partial charge in [-0.25, -0.2) is 4.39 Å². The van der Waals surface area contributed by atoms with E-state index in [1.165, 1.54) is 12.1 Å². The zero-order valence-electron chi connectivity index (χ0n) is 8.80. The summed E-state index contributed by atoms with van der Waals surface area (Å²) in [6.45, 7) is 0.421. The number of hydrogen-bond acceptors (Lipinski definition) is 2. The standard InChI is InChI=1S/C12H13BrFNO/c13-10-6-9(14)2-1-8(10)5-11(16)12(7-15)3-4-12/h1-2,6H,3-5,7,15H2. The normalized spacial score (nSPS) is 17.2. The van der Waals surface area contributed by atoms with Gasteiger partial charge in [0.25, 0.3) is 0 Å². The van der Waals surface area contributed by atoms with Crippen molar-refractivity contribution in [2.75, 3.05) is 6.54 Å². The Kier molecular flexibility index (Phi) is 3.13. The van der Waals surface area contributed by atoms with E-state index in [1.807, 2.05) is 0 Å². The molecule has 16 heavy (non-hydrogen) atoms. The smallest absolute Gasteiger partial charge is 0.144 e. The topological polar surface area (TPSA) is 43.1 Å². The van der Waals surface area contributed by atoms with Gasteiger partial charge >= 0.3 is 0 Å². The molecule has 0 saturated heterocycles. The van der Waals surface area contributed by atoms with Crippen LogP contribution in [0, 0.1) is 11.2 Å². The van der Waals surface area contributed by atoms with Gasteiger partial charge in [0.05, 0.1) is 0 Å². The van der Waals surface area contributed by atoms with Crippen molar-refractivity contribution in [3.05, 3.63) is 34.1 Å². The maximum Gasteiger partial charge on any atom is 0.144 e. The van der Waals surface area contributed by atoms with Crippen LogP contribution in [-0.4, -0.2) is 12.3 Å². The van der Waals surface area contributed by atoms with Gasteiger partial charge in [-0.3, -0.25) is 4.79 Å². The number of nitrogens with two attached hydrogens (primary N) is 1. The molecule has 0 spiro atoms. The molecule has 2 rings (SSSR count). The Morgan fingerprint density at radius 3 is 2.69 bits per heavy atom. The minimum atomic E-state index is -0.303. The lowest BCUT2D eigenvalue weighted by atomic mass is 9.95. The molecule has 0 aromatic heterocycles. The van der Waals surface area contributed by atoms with Crippen LogP contribution in [0.4, 0.5) is 4.39 Å². The van der Waals surface area contributed by atoms with Gasteiger partial charge in [0.1, 0.15) is 11.6 Å². The second-order valence-corrected chi connectivity index (χ2v) is 5.17. The fourth-order valence-corrected chi connectivity index (χ4v) is 2.26. The Balaban J connectivity index is 2.12. The quantitative estimate of drug-likeness (QED) is 0.923.